The first kappa shape index (κ1) is 14.2. The van der Waals surface area contributed by atoms with Crippen LogP contribution >= 0.6 is 0 Å². The van der Waals surface area contributed by atoms with Gasteiger partial charge in [-0.25, -0.2) is 0 Å². The second-order valence-corrected chi connectivity index (χ2v) is 6.05. The molecule has 0 saturated carbocycles. The zero-order valence-electron chi connectivity index (χ0n) is 12.6. The van der Waals surface area contributed by atoms with E-state index in [1.165, 1.54) is 23.1 Å². The van der Waals surface area contributed by atoms with Gasteiger partial charge in [-0.05, 0) is 60.9 Å². The minimum absolute atomic E-state index is 0.216. The van der Waals surface area contributed by atoms with Gasteiger partial charge in [-0.2, -0.15) is 0 Å². The Morgan fingerprint density at radius 3 is 2.86 bits per heavy atom. The van der Waals surface area contributed by atoms with Crippen LogP contribution in [0.3, 0.4) is 0 Å². The quantitative estimate of drug-likeness (QED) is 0.873. The topological polar surface area (TPSA) is 35.2 Å². The average Bonchev–Trinajstić information content (AvgIpc) is 2.45. The Morgan fingerprint density at radius 1 is 1.19 bits per heavy atom. The van der Waals surface area contributed by atoms with Crippen molar-refractivity contribution in [2.45, 2.75) is 38.1 Å². The summed E-state index contributed by atoms with van der Waals surface area (Å²) in [7, 11) is 0. The molecule has 21 heavy (non-hydrogen) atoms. The number of nitrogens with two attached hydrogens (primary N) is 1. The maximum Gasteiger partial charge on any atom is 0.119 e. The molecule has 2 unspecified atom stereocenters. The van der Waals surface area contributed by atoms with Gasteiger partial charge in [0.2, 0.25) is 0 Å². The van der Waals surface area contributed by atoms with Gasteiger partial charge in [0.25, 0.3) is 0 Å². The third-order valence-electron chi connectivity index (χ3n) is 4.30. The van der Waals surface area contributed by atoms with Crippen LogP contribution in [0.2, 0.25) is 0 Å². The van der Waals surface area contributed by atoms with Crippen molar-refractivity contribution in [3.63, 3.8) is 0 Å². The molecule has 0 bridgehead atoms. The van der Waals surface area contributed by atoms with Crippen LogP contribution in [0.15, 0.2) is 48.5 Å². The third kappa shape index (κ3) is 3.45. The zero-order chi connectivity index (χ0) is 14.7. The van der Waals surface area contributed by atoms with E-state index in [4.69, 9.17) is 10.5 Å². The third-order valence-corrected chi connectivity index (χ3v) is 4.30. The van der Waals surface area contributed by atoms with Gasteiger partial charge in [-0.15, -0.1) is 0 Å². The predicted molar refractivity (Wildman–Crippen MR) is 86.8 cm³/mol. The van der Waals surface area contributed by atoms with Crippen molar-refractivity contribution < 1.29 is 4.74 Å². The van der Waals surface area contributed by atoms with Crippen LogP contribution in [0.1, 0.15) is 35.4 Å². The molecule has 2 aromatic rings. The second-order valence-electron chi connectivity index (χ2n) is 6.05. The van der Waals surface area contributed by atoms with Crippen LogP contribution in [-0.2, 0) is 6.42 Å². The molecule has 2 atom stereocenters. The molecule has 2 heteroatoms. The Balaban J connectivity index is 1.42. The Bertz CT molecular complexity index is 608. The van der Waals surface area contributed by atoms with Crippen LogP contribution in [0.4, 0.5) is 0 Å². The molecule has 0 fully saturated rings. The predicted octanol–water partition coefficient (Wildman–Crippen LogP) is 3.82. The summed E-state index contributed by atoms with van der Waals surface area (Å²) < 4.78 is 5.78. The van der Waals surface area contributed by atoms with Gasteiger partial charge < -0.3 is 10.5 Å². The monoisotopic (exact) mass is 281 g/mol. The molecule has 3 rings (SSSR count). The summed E-state index contributed by atoms with van der Waals surface area (Å²) in [6.07, 6.45) is 3.16. The second kappa shape index (κ2) is 6.31. The van der Waals surface area contributed by atoms with Crippen LogP contribution in [-0.4, -0.2) is 12.6 Å². The Hall–Kier alpha value is -1.80. The van der Waals surface area contributed by atoms with Gasteiger partial charge in [0.05, 0.1) is 6.61 Å². The van der Waals surface area contributed by atoms with Crippen molar-refractivity contribution in [1.29, 1.82) is 0 Å². The highest BCUT2D eigenvalue weighted by Crippen LogP contribution is 2.37. The molecule has 1 aliphatic rings. The minimum atomic E-state index is 0.216. The standard InChI is InChI=1S/C19H23NO/c1-14-5-4-7-18(11-14)21-10-9-17(20)13-16-12-15-6-2-3-8-19(15)16/h2-8,11,16-17H,9-10,12-13,20H2,1H3. The summed E-state index contributed by atoms with van der Waals surface area (Å²) in [6, 6.07) is 17.1. The van der Waals surface area contributed by atoms with E-state index in [2.05, 4.69) is 43.3 Å². The van der Waals surface area contributed by atoms with Crippen molar-refractivity contribution >= 4 is 0 Å². The molecule has 0 saturated heterocycles. The first-order chi connectivity index (χ1) is 10.2. The molecular weight excluding hydrogens is 258 g/mol. The number of rotatable bonds is 6. The van der Waals surface area contributed by atoms with E-state index in [9.17, 15) is 0 Å². The maximum absolute atomic E-state index is 6.26. The van der Waals surface area contributed by atoms with E-state index >= 15 is 0 Å². The number of aryl methyl sites for hydroxylation is 1. The molecule has 1 aliphatic carbocycles. The number of hydrogen-bond acceptors (Lipinski definition) is 2. The zero-order valence-corrected chi connectivity index (χ0v) is 12.6. The SMILES string of the molecule is Cc1cccc(OCCC(N)CC2Cc3ccccc32)c1. The first-order valence-electron chi connectivity index (χ1n) is 7.75. The van der Waals surface area contributed by atoms with Crippen molar-refractivity contribution in [3.05, 3.63) is 65.2 Å². The van der Waals surface area contributed by atoms with E-state index in [0.29, 0.717) is 12.5 Å². The summed E-state index contributed by atoms with van der Waals surface area (Å²) >= 11 is 0. The molecule has 0 radical (unpaired) electrons. The smallest absolute Gasteiger partial charge is 0.119 e. The molecule has 0 heterocycles. The van der Waals surface area contributed by atoms with Gasteiger partial charge in [0, 0.05) is 6.04 Å². The van der Waals surface area contributed by atoms with E-state index in [0.717, 1.165) is 18.6 Å². The molecule has 0 spiro atoms. The summed E-state index contributed by atoms with van der Waals surface area (Å²) in [6.45, 7) is 2.77. The fourth-order valence-electron chi connectivity index (χ4n) is 3.09. The van der Waals surface area contributed by atoms with Gasteiger partial charge in [0.1, 0.15) is 5.75 Å². The first-order valence-corrected chi connectivity index (χ1v) is 7.75. The molecule has 110 valence electrons. The molecule has 2 N–H and O–H groups in total. The summed E-state index contributed by atoms with van der Waals surface area (Å²) in [5, 5.41) is 0. The Labute approximate surface area is 126 Å². The normalized spacial score (nSPS) is 17.7. The fourth-order valence-corrected chi connectivity index (χ4v) is 3.09. The largest absolute Gasteiger partial charge is 0.494 e. The molecule has 0 aromatic heterocycles. The molecule has 0 aliphatic heterocycles. The molecular formula is C19H23NO. The van der Waals surface area contributed by atoms with Crippen molar-refractivity contribution in [2.24, 2.45) is 5.73 Å². The maximum atomic E-state index is 6.26. The van der Waals surface area contributed by atoms with Crippen LogP contribution in [0, 0.1) is 6.92 Å². The molecule has 2 nitrogen and oxygen atoms in total. The van der Waals surface area contributed by atoms with E-state index in [1.807, 2.05) is 12.1 Å². The van der Waals surface area contributed by atoms with Crippen molar-refractivity contribution in [1.82, 2.24) is 0 Å². The van der Waals surface area contributed by atoms with Crippen molar-refractivity contribution in [3.8, 4) is 5.75 Å². The number of benzene rings is 2. The lowest BCUT2D eigenvalue weighted by atomic mass is 9.74. The highest BCUT2D eigenvalue weighted by atomic mass is 16.5. The summed E-state index contributed by atoms with van der Waals surface area (Å²) in [5.74, 6) is 1.59. The lowest BCUT2D eigenvalue weighted by molar-refractivity contribution is 0.289. The lowest BCUT2D eigenvalue weighted by Crippen LogP contribution is -2.29. The molecule has 2 aromatic carbocycles. The minimum Gasteiger partial charge on any atom is -0.494 e. The lowest BCUT2D eigenvalue weighted by Gasteiger charge is -2.32. The van der Waals surface area contributed by atoms with Crippen LogP contribution < -0.4 is 10.5 Å². The summed E-state index contributed by atoms with van der Waals surface area (Å²) in [5.41, 5.74) is 10.5. The van der Waals surface area contributed by atoms with Gasteiger partial charge in [0.15, 0.2) is 0 Å². The molecule has 0 amide bonds. The summed E-state index contributed by atoms with van der Waals surface area (Å²) in [4.78, 5) is 0. The van der Waals surface area contributed by atoms with E-state index in [-0.39, 0.29) is 6.04 Å². The average molecular weight is 281 g/mol. The van der Waals surface area contributed by atoms with Crippen molar-refractivity contribution in [2.75, 3.05) is 6.61 Å². The fraction of sp³-hybridized carbons (Fsp3) is 0.368. The number of hydrogen-bond donors (Lipinski definition) is 1. The highest BCUT2D eigenvalue weighted by Gasteiger charge is 2.26. The number of fused-ring (bicyclic) bond motifs is 1. The van der Waals surface area contributed by atoms with Crippen LogP contribution in [0.5, 0.6) is 5.75 Å². The van der Waals surface area contributed by atoms with Gasteiger partial charge >= 0.3 is 0 Å². The van der Waals surface area contributed by atoms with Gasteiger partial charge in [-0.1, -0.05) is 36.4 Å². The highest BCUT2D eigenvalue weighted by molar-refractivity contribution is 5.39. The van der Waals surface area contributed by atoms with E-state index in [1.54, 1.807) is 0 Å². The Morgan fingerprint density at radius 2 is 2.05 bits per heavy atom. The van der Waals surface area contributed by atoms with Crippen LogP contribution in [0.25, 0.3) is 0 Å². The van der Waals surface area contributed by atoms with E-state index < -0.39 is 0 Å². The van der Waals surface area contributed by atoms with Gasteiger partial charge in [-0.3, -0.25) is 0 Å². The number of ether oxygens (including phenoxy) is 1. The Kier molecular flexibility index (Phi) is 4.26.